The first-order chi connectivity index (χ1) is 16.7. The van der Waals surface area contributed by atoms with Crippen LogP contribution in [0.15, 0.2) is 54.6 Å². The number of methoxy groups -OCH3 is 2. The topological polar surface area (TPSA) is 103 Å². The first-order valence-corrected chi connectivity index (χ1v) is 12.2. The van der Waals surface area contributed by atoms with Gasteiger partial charge in [0.05, 0.1) is 38.3 Å². The van der Waals surface area contributed by atoms with Crippen LogP contribution in [0.1, 0.15) is 15.9 Å². The number of hydrogen-bond acceptors (Lipinski definition) is 7. The fourth-order valence-electron chi connectivity index (χ4n) is 3.59. The molecule has 184 valence electrons. The van der Waals surface area contributed by atoms with E-state index in [1.807, 2.05) is 0 Å². The van der Waals surface area contributed by atoms with Crippen molar-refractivity contribution < 1.29 is 36.6 Å². The highest BCUT2D eigenvalue weighted by Crippen LogP contribution is 2.38. The molecule has 0 aliphatic carbocycles. The molecule has 0 spiro atoms. The maximum Gasteiger partial charge on any atom is 0.257 e. The van der Waals surface area contributed by atoms with Gasteiger partial charge in [0.15, 0.2) is 23.0 Å². The first kappa shape index (κ1) is 24.1. The number of carbonyl (C=O) groups is 1. The van der Waals surface area contributed by atoms with Crippen molar-refractivity contribution in [1.82, 2.24) is 0 Å². The van der Waals surface area contributed by atoms with E-state index in [0.29, 0.717) is 17.2 Å². The molecule has 9 nitrogen and oxygen atoms in total. The number of sulfonamides is 1. The van der Waals surface area contributed by atoms with E-state index in [1.54, 1.807) is 24.3 Å². The minimum Gasteiger partial charge on any atom is -0.493 e. The van der Waals surface area contributed by atoms with E-state index in [0.717, 1.165) is 10.6 Å². The number of hydrogen-bond donors (Lipinski definition) is 1. The second-order valence-corrected chi connectivity index (χ2v) is 9.51. The van der Waals surface area contributed by atoms with Crippen molar-refractivity contribution in [3.05, 3.63) is 71.5 Å². The molecule has 1 aliphatic rings. The van der Waals surface area contributed by atoms with E-state index in [4.69, 9.17) is 18.9 Å². The summed E-state index contributed by atoms with van der Waals surface area (Å²) < 4.78 is 62.3. The highest BCUT2D eigenvalue weighted by atomic mass is 32.2. The van der Waals surface area contributed by atoms with Gasteiger partial charge in [-0.15, -0.1) is 0 Å². The number of fused-ring (bicyclic) bond motifs is 1. The Bertz CT molecular complexity index is 1380. The van der Waals surface area contributed by atoms with Gasteiger partial charge in [0.2, 0.25) is 16.8 Å². The molecule has 35 heavy (non-hydrogen) atoms. The predicted octanol–water partition coefficient (Wildman–Crippen LogP) is 3.79. The molecule has 3 aromatic rings. The number of carbonyl (C=O) groups excluding carboxylic acids is 1. The lowest BCUT2D eigenvalue weighted by atomic mass is 10.1. The fourth-order valence-corrected chi connectivity index (χ4v) is 4.47. The summed E-state index contributed by atoms with van der Waals surface area (Å²) in [6.45, 7) is -0.267. The van der Waals surface area contributed by atoms with Gasteiger partial charge in [-0.3, -0.25) is 9.10 Å². The Hall–Kier alpha value is -3.99. The van der Waals surface area contributed by atoms with Gasteiger partial charge >= 0.3 is 0 Å². The van der Waals surface area contributed by atoms with Gasteiger partial charge in [0.25, 0.3) is 5.91 Å². The SMILES string of the molecule is COc1cc(C(=O)Nc2ccc3c(c2)OCO3)c(N(Cc2ccccc2F)S(C)(=O)=O)cc1OC. The third-order valence-corrected chi connectivity index (χ3v) is 6.44. The quantitative estimate of drug-likeness (QED) is 0.500. The summed E-state index contributed by atoms with van der Waals surface area (Å²) >= 11 is 0. The molecule has 3 aromatic carbocycles. The van der Waals surface area contributed by atoms with E-state index in [-0.39, 0.29) is 41.7 Å². The van der Waals surface area contributed by atoms with Crippen molar-refractivity contribution >= 4 is 27.3 Å². The van der Waals surface area contributed by atoms with E-state index >= 15 is 0 Å². The summed E-state index contributed by atoms with van der Waals surface area (Å²) in [5.74, 6) is 0.223. The summed E-state index contributed by atoms with van der Waals surface area (Å²) in [7, 11) is -1.18. The van der Waals surface area contributed by atoms with Crippen LogP contribution in [0.5, 0.6) is 23.0 Å². The molecule has 1 heterocycles. The standard InChI is InChI=1S/C24H23FN2O7S/c1-31-21-11-17(24(28)26-16-8-9-20-23(10-16)34-14-33-20)19(12-22(21)32-2)27(35(3,29)30)13-15-6-4-5-7-18(15)25/h4-12H,13-14H2,1-3H3,(H,26,28). The van der Waals surface area contributed by atoms with Crippen molar-refractivity contribution in [3.63, 3.8) is 0 Å². The maximum absolute atomic E-state index is 14.4. The summed E-state index contributed by atoms with van der Waals surface area (Å²) in [6, 6.07) is 13.4. The molecule has 0 fully saturated rings. The Balaban J connectivity index is 1.79. The second-order valence-electron chi connectivity index (χ2n) is 7.61. The van der Waals surface area contributed by atoms with Gasteiger partial charge in [-0.2, -0.15) is 0 Å². The van der Waals surface area contributed by atoms with Crippen LogP contribution >= 0.6 is 0 Å². The molecule has 0 unspecified atom stereocenters. The Labute approximate surface area is 202 Å². The van der Waals surface area contributed by atoms with Crippen LogP contribution in [-0.2, 0) is 16.6 Å². The maximum atomic E-state index is 14.4. The number of rotatable bonds is 8. The zero-order valence-corrected chi connectivity index (χ0v) is 20.0. The molecule has 1 aliphatic heterocycles. The number of benzene rings is 3. The summed E-state index contributed by atoms with van der Waals surface area (Å²) in [4.78, 5) is 13.4. The highest BCUT2D eigenvalue weighted by molar-refractivity contribution is 7.92. The Kier molecular flexibility index (Phi) is 6.70. The minimum atomic E-state index is -3.96. The Morgan fingerprint density at radius 3 is 2.40 bits per heavy atom. The van der Waals surface area contributed by atoms with Gasteiger partial charge in [-0.25, -0.2) is 12.8 Å². The van der Waals surface area contributed by atoms with Gasteiger partial charge in [-0.05, 0) is 24.3 Å². The van der Waals surface area contributed by atoms with Crippen molar-refractivity contribution in [2.75, 3.05) is 36.9 Å². The highest BCUT2D eigenvalue weighted by Gasteiger charge is 2.27. The number of nitrogens with zero attached hydrogens (tertiary/aromatic N) is 1. The molecular formula is C24H23FN2O7S. The molecule has 0 atom stereocenters. The third kappa shape index (κ3) is 5.09. The van der Waals surface area contributed by atoms with Crippen LogP contribution in [0.2, 0.25) is 0 Å². The van der Waals surface area contributed by atoms with Crippen LogP contribution < -0.4 is 28.6 Å². The zero-order chi connectivity index (χ0) is 25.2. The van der Waals surface area contributed by atoms with Crippen LogP contribution in [0, 0.1) is 5.82 Å². The zero-order valence-electron chi connectivity index (χ0n) is 19.2. The van der Waals surface area contributed by atoms with E-state index < -0.39 is 21.7 Å². The van der Waals surface area contributed by atoms with Crippen molar-refractivity contribution in [1.29, 1.82) is 0 Å². The number of nitrogens with one attached hydrogen (secondary N) is 1. The molecular weight excluding hydrogens is 479 g/mol. The monoisotopic (exact) mass is 502 g/mol. The Morgan fingerprint density at radius 2 is 1.71 bits per heavy atom. The van der Waals surface area contributed by atoms with Gasteiger partial charge in [0, 0.05) is 23.4 Å². The molecule has 0 bridgehead atoms. The predicted molar refractivity (Wildman–Crippen MR) is 127 cm³/mol. The van der Waals surface area contributed by atoms with Crippen LogP contribution in [0.4, 0.5) is 15.8 Å². The van der Waals surface area contributed by atoms with E-state index in [2.05, 4.69) is 5.32 Å². The lowest BCUT2D eigenvalue weighted by Gasteiger charge is -2.26. The summed E-state index contributed by atoms with van der Waals surface area (Å²) in [6.07, 6.45) is 0.976. The average Bonchev–Trinajstić information content (AvgIpc) is 3.30. The van der Waals surface area contributed by atoms with Crippen molar-refractivity contribution in [2.24, 2.45) is 0 Å². The molecule has 0 saturated heterocycles. The van der Waals surface area contributed by atoms with Crippen molar-refractivity contribution in [3.8, 4) is 23.0 Å². The smallest absolute Gasteiger partial charge is 0.257 e. The van der Waals surface area contributed by atoms with Crippen LogP contribution in [-0.4, -0.2) is 41.6 Å². The van der Waals surface area contributed by atoms with E-state index in [1.165, 1.54) is 44.6 Å². The number of halogens is 1. The third-order valence-electron chi connectivity index (χ3n) is 5.32. The summed E-state index contributed by atoms with van der Waals surface area (Å²) in [5.41, 5.74) is 0.503. The number of ether oxygens (including phenoxy) is 4. The second kappa shape index (κ2) is 9.71. The minimum absolute atomic E-state index is 0.00773. The van der Waals surface area contributed by atoms with Gasteiger partial charge in [0.1, 0.15) is 5.82 Å². The van der Waals surface area contributed by atoms with Gasteiger partial charge in [-0.1, -0.05) is 18.2 Å². The molecule has 1 amide bonds. The van der Waals surface area contributed by atoms with Crippen LogP contribution in [0.25, 0.3) is 0 Å². The normalized spacial score (nSPS) is 12.2. The average molecular weight is 503 g/mol. The molecule has 1 N–H and O–H groups in total. The molecule has 0 saturated carbocycles. The van der Waals surface area contributed by atoms with Gasteiger partial charge < -0.3 is 24.3 Å². The molecule has 11 heteroatoms. The number of amides is 1. The summed E-state index contributed by atoms with van der Waals surface area (Å²) in [5, 5.41) is 2.73. The number of anilines is 2. The molecule has 4 rings (SSSR count). The largest absolute Gasteiger partial charge is 0.493 e. The van der Waals surface area contributed by atoms with Crippen LogP contribution in [0.3, 0.4) is 0 Å². The molecule has 0 aromatic heterocycles. The van der Waals surface area contributed by atoms with E-state index in [9.17, 15) is 17.6 Å². The van der Waals surface area contributed by atoms with Crippen molar-refractivity contribution in [2.45, 2.75) is 6.54 Å². The Morgan fingerprint density at radius 1 is 1.03 bits per heavy atom. The first-order valence-electron chi connectivity index (χ1n) is 10.4. The molecule has 0 radical (unpaired) electrons. The fraction of sp³-hybridized carbons (Fsp3) is 0.208. The lowest BCUT2D eigenvalue weighted by Crippen LogP contribution is -2.32. The lowest BCUT2D eigenvalue weighted by molar-refractivity contribution is 0.102.